The van der Waals surface area contributed by atoms with Crippen LogP contribution in [0.5, 0.6) is 28.7 Å². The van der Waals surface area contributed by atoms with Crippen molar-refractivity contribution in [2.45, 2.75) is 37.6 Å². The summed E-state index contributed by atoms with van der Waals surface area (Å²) in [6.45, 7) is 1.46. The monoisotopic (exact) mass is 448 g/mol. The number of phenolic OH excluding ortho intramolecular Hbond substituents is 3. The van der Waals surface area contributed by atoms with Crippen molar-refractivity contribution in [2.75, 3.05) is 0 Å². The van der Waals surface area contributed by atoms with E-state index < -0.39 is 53.4 Å². The van der Waals surface area contributed by atoms with Gasteiger partial charge in [0, 0.05) is 17.7 Å². The molecule has 1 saturated heterocycles. The molecule has 0 bridgehead atoms. The smallest absolute Gasteiger partial charge is 0.238 e. The maximum absolute atomic E-state index is 12.5. The number of aliphatic hydroxyl groups is 3. The SMILES string of the molecule is C[C@H]1O[C@@H](Oc2cc(-c3oc4cc(O)cc(O)c4c(=O)c3O)ccc2O)[C@H](O)[C@H](O)[C@H]1O. The van der Waals surface area contributed by atoms with Crippen LogP contribution in [-0.4, -0.2) is 66.5 Å². The molecule has 0 spiro atoms. The molecule has 3 aromatic rings. The maximum Gasteiger partial charge on any atom is 0.238 e. The molecule has 1 aromatic heterocycles. The molecule has 0 amide bonds. The number of hydrogen-bond donors (Lipinski definition) is 7. The number of aliphatic hydroxyl groups excluding tert-OH is 3. The zero-order valence-electron chi connectivity index (χ0n) is 16.5. The molecule has 11 heteroatoms. The van der Waals surface area contributed by atoms with Gasteiger partial charge in [0.25, 0.3) is 0 Å². The summed E-state index contributed by atoms with van der Waals surface area (Å²) < 4.78 is 16.3. The van der Waals surface area contributed by atoms with E-state index in [1.807, 2.05) is 0 Å². The molecule has 0 unspecified atom stereocenters. The minimum atomic E-state index is -1.64. The number of rotatable bonds is 3. The van der Waals surface area contributed by atoms with Crippen molar-refractivity contribution < 1.29 is 49.6 Å². The Morgan fingerprint density at radius 2 is 1.62 bits per heavy atom. The first-order valence-corrected chi connectivity index (χ1v) is 9.50. The Labute approximate surface area is 179 Å². The van der Waals surface area contributed by atoms with Crippen molar-refractivity contribution in [3.05, 3.63) is 40.6 Å². The summed E-state index contributed by atoms with van der Waals surface area (Å²) in [6, 6.07) is 5.65. The van der Waals surface area contributed by atoms with E-state index in [-0.39, 0.29) is 33.8 Å². The second-order valence-electron chi connectivity index (χ2n) is 7.43. The van der Waals surface area contributed by atoms with Crippen LogP contribution in [0.2, 0.25) is 0 Å². The topological polar surface area (TPSA) is 190 Å². The Morgan fingerprint density at radius 3 is 2.34 bits per heavy atom. The zero-order valence-corrected chi connectivity index (χ0v) is 16.5. The van der Waals surface area contributed by atoms with Gasteiger partial charge in [-0.15, -0.1) is 0 Å². The average Bonchev–Trinajstić information content (AvgIpc) is 2.74. The first kappa shape index (κ1) is 21.7. The lowest BCUT2D eigenvalue weighted by Gasteiger charge is -2.38. The molecule has 1 aliphatic rings. The molecule has 32 heavy (non-hydrogen) atoms. The minimum Gasteiger partial charge on any atom is -0.508 e. The molecular formula is C21H20O11. The van der Waals surface area contributed by atoms with Gasteiger partial charge in [-0.1, -0.05) is 0 Å². The van der Waals surface area contributed by atoms with Crippen molar-refractivity contribution in [3.63, 3.8) is 0 Å². The van der Waals surface area contributed by atoms with Crippen molar-refractivity contribution in [2.24, 2.45) is 0 Å². The number of aromatic hydroxyl groups is 4. The highest BCUT2D eigenvalue weighted by Crippen LogP contribution is 2.39. The summed E-state index contributed by atoms with van der Waals surface area (Å²) >= 11 is 0. The van der Waals surface area contributed by atoms with E-state index >= 15 is 0 Å². The lowest BCUT2D eigenvalue weighted by Crippen LogP contribution is -2.58. The molecule has 2 aromatic carbocycles. The van der Waals surface area contributed by atoms with Crippen molar-refractivity contribution >= 4 is 11.0 Å². The van der Waals surface area contributed by atoms with E-state index in [0.717, 1.165) is 18.2 Å². The van der Waals surface area contributed by atoms with Crippen molar-refractivity contribution in [1.82, 2.24) is 0 Å². The molecule has 0 aliphatic carbocycles. The molecule has 1 aliphatic heterocycles. The van der Waals surface area contributed by atoms with Crippen LogP contribution in [0.3, 0.4) is 0 Å². The van der Waals surface area contributed by atoms with Crippen LogP contribution in [0.15, 0.2) is 39.5 Å². The summed E-state index contributed by atoms with van der Waals surface area (Å²) in [5.74, 6) is -2.77. The van der Waals surface area contributed by atoms with E-state index in [9.17, 15) is 40.5 Å². The molecular weight excluding hydrogens is 428 g/mol. The van der Waals surface area contributed by atoms with E-state index in [1.54, 1.807) is 0 Å². The fourth-order valence-corrected chi connectivity index (χ4v) is 3.46. The molecule has 2 heterocycles. The summed E-state index contributed by atoms with van der Waals surface area (Å²) in [6.07, 6.45) is -6.87. The summed E-state index contributed by atoms with van der Waals surface area (Å²) in [4.78, 5) is 12.5. The number of fused-ring (bicyclic) bond motifs is 1. The minimum absolute atomic E-state index is 0.0658. The van der Waals surface area contributed by atoms with Gasteiger partial charge < -0.3 is 49.6 Å². The Hall–Kier alpha value is -3.51. The molecule has 4 rings (SSSR count). The Morgan fingerprint density at radius 1 is 0.906 bits per heavy atom. The van der Waals surface area contributed by atoms with Crippen LogP contribution in [-0.2, 0) is 4.74 Å². The maximum atomic E-state index is 12.5. The summed E-state index contributed by atoms with van der Waals surface area (Å²) in [7, 11) is 0. The van der Waals surface area contributed by atoms with Crippen molar-refractivity contribution in [3.8, 4) is 40.1 Å². The van der Waals surface area contributed by atoms with Crippen LogP contribution in [0.1, 0.15) is 6.92 Å². The third-order valence-electron chi connectivity index (χ3n) is 5.21. The third-order valence-corrected chi connectivity index (χ3v) is 5.21. The number of phenols is 3. The van der Waals surface area contributed by atoms with Gasteiger partial charge in [-0.25, -0.2) is 0 Å². The van der Waals surface area contributed by atoms with Crippen LogP contribution < -0.4 is 10.2 Å². The molecule has 5 atom stereocenters. The van der Waals surface area contributed by atoms with Crippen LogP contribution >= 0.6 is 0 Å². The largest absolute Gasteiger partial charge is 0.508 e. The van der Waals surface area contributed by atoms with Gasteiger partial charge in [-0.05, 0) is 25.1 Å². The van der Waals surface area contributed by atoms with Gasteiger partial charge in [-0.2, -0.15) is 0 Å². The van der Waals surface area contributed by atoms with Crippen LogP contribution in [0, 0.1) is 0 Å². The Balaban J connectivity index is 1.76. The normalized spacial score (nSPS) is 25.7. The molecule has 7 N–H and O–H groups in total. The summed E-state index contributed by atoms with van der Waals surface area (Å²) in [5, 5.41) is 69.6. The summed E-state index contributed by atoms with van der Waals surface area (Å²) in [5.41, 5.74) is -1.09. The number of ether oxygens (including phenoxy) is 2. The highest BCUT2D eigenvalue weighted by atomic mass is 16.7. The highest BCUT2D eigenvalue weighted by molar-refractivity contribution is 5.88. The van der Waals surface area contributed by atoms with Gasteiger partial charge in [0.1, 0.15) is 40.8 Å². The Kier molecular flexibility index (Phi) is 5.34. The van der Waals surface area contributed by atoms with Gasteiger partial charge in [0.05, 0.1) is 6.10 Å². The predicted molar refractivity (Wildman–Crippen MR) is 108 cm³/mol. The van der Waals surface area contributed by atoms with Gasteiger partial charge in [-0.3, -0.25) is 4.79 Å². The van der Waals surface area contributed by atoms with E-state index in [1.165, 1.54) is 19.1 Å². The Bertz CT molecular complexity index is 1230. The zero-order chi connectivity index (χ0) is 23.3. The fourth-order valence-electron chi connectivity index (χ4n) is 3.46. The quantitative estimate of drug-likeness (QED) is 0.295. The number of benzene rings is 2. The van der Waals surface area contributed by atoms with E-state index in [0.29, 0.717) is 0 Å². The first-order chi connectivity index (χ1) is 15.1. The average molecular weight is 448 g/mol. The highest BCUT2D eigenvalue weighted by Gasteiger charge is 2.43. The molecule has 11 nitrogen and oxygen atoms in total. The van der Waals surface area contributed by atoms with Gasteiger partial charge in [0.2, 0.25) is 17.5 Å². The second-order valence-corrected chi connectivity index (χ2v) is 7.43. The molecule has 170 valence electrons. The molecule has 0 saturated carbocycles. The molecule has 0 radical (unpaired) electrons. The van der Waals surface area contributed by atoms with Gasteiger partial charge >= 0.3 is 0 Å². The van der Waals surface area contributed by atoms with Crippen molar-refractivity contribution in [1.29, 1.82) is 0 Å². The van der Waals surface area contributed by atoms with E-state index in [2.05, 4.69) is 0 Å². The van der Waals surface area contributed by atoms with Crippen LogP contribution in [0.25, 0.3) is 22.3 Å². The lowest BCUT2D eigenvalue weighted by molar-refractivity contribution is -0.268. The van der Waals surface area contributed by atoms with Crippen LogP contribution in [0.4, 0.5) is 0 Å². The predicted octanol–water partition coefficient (Wildman–Crippen LogP) is 0.489. The standard InChI is InChI=1S/C21H20O11/c1-7-15(25)17(27)19(29)21(30-7)32-12-4-8(2-3-10(12)23)20-18(28)16(26)14-11(24)5-9(22)6-13(14)31-20/h2-7,15,17,19,21-25,27-29H,1H3/t7-,15+,17-,19-,21+/m1/s1. The third kappa shape index (κ3) is 3.56. The first-order valence-electron chi connectivity index (χ1n) is 9.50. The van der Waals surface area contributed by atoms with Gasteiger partial charge in [0.15, 0.2) is 17.3 Å². The molecule has 1 fully saturated rings. The van der Waals surface area contributed by atoms with E-state index in [4.69, 9.17) is 13.9 Å². The lowest BCUT2D eigenvalue weighted by atomic mass is 10.00. The fraction of sp³-hybridized carbons (Fsp3) is 0.286. The second kappa shape index (κ2) is 7.88. The number of hydrogen-bond acceptors (Lipinski definition) is 11.